The molecule has 1 aromatic carbocycles. The molecule has 144 valence electrons. The third-order valence-corrected chi connectivity index (χ3v) is 4.78. The minimum atomic E-state index is -0.953. The van der Waals surface area contributed by atoms with Gasteiger partial charge in [-0.3, -0.25) is 14.6 Å². The number of aromatic nitrogens is 4. The molecule has 9 heteroatoms. The van der Waals surface area contributed by atoms with Crippen LogP contribution in [0, 0.1) is 6.92 Å². The number of carbonyl (C=O) groups excluding carboxylic acids is 1. The van der Waals surface area contributed by atoms with Crippen LogP contribution in [0.25, 0.3) is 16.6 Å². The van der Waals surface area contributed by atoms with Crippen molar-refractivity contribution in [2.75, 3.05) is 19.7 Å². The lowest BCUT2D eigenvalue weighted by atomic mass is 10.1. The number of hydrogen-bond donors (Lipinski definition) is 1. The molecule has 0 spiro atoms. The quantitative estimate of drug-likeness (QED) is 0.728. The molecular formula is C19H19N5O4. The smallest absolute Gasteiger partial charge is 0.306 e. The highest BCUT2D eigenvalue weighted by Crippen LogP contribution is 2.22. The fourth-order valence-electron chi connectivity index (χ4n) is 3.40. The van der Waals surface area contributed by atoms with Gasteiger partial charge in [0.05, 0.1) is 36.0 Å². The number of carboxylic acid groups (broad SMARTS) is 1. The first-order valence-corrected chi connectivity index (χ1v) is 8.93. The number of aliphatic carboxylic acids is 1. The number of carboxylic acids is 1. The molecule has 3 aromatic rings. The van der Waals surface area contributed by atoms with Crippen LogP contribution in [0.3, 0.4) is 0 Å². The molecule has 0 bridgehead atoms. The monoisotopic (exact) mass is 381 g/mol. The second kappa shape index (κ2) is 7.35. The van der Waals surface area contributed by atoms with Gasteiger partial charge >= 0.3 is 5.97 Å². The van der Waals surface area contributed by atoms with E-state index in [1.165, 1.54) is 0 Å². The van der Waals surface area contributed by atoms with Gasteiger partial charge < -0.3 is 14.7 Å². The fourth-order valence-corrected chi connectivity index (χ4v) is 3.40. The predicted octanol–water partition coefficient (Wildman–Crippen LogP) is 1.44. The summed E-state index contributed by atoms with van der Waals surface area (Å²) in [5.74, 6) is -1.23. The first-order chi connectivity index (χ1) is 13.5. The summed E-state index contributed by atoms with van der Waals surface area (Å²) in [6.07, 6.45) is 1.06. The topological polar surface area (TPSA) is 110 Å². The second-order valence-electron chi connectivity index (χ2n) is 6.62. The predicted molar refractivity (Wildman–Crippen MR) is 99.3 cm³/mol. The fraction of sp³-hybridized carbons (Fsp3) is 0.316. The number of amides is 1. The molecule has 1 aliphatic heterocycles. The Morgan fingerprint density at radius 3 is 2.96 bits per heavy atom. The van der Waals surface area contributed by atoms with Crippen LogP contribution in [0.4, 0.5) is 0 Å². The SMILES string of the molecule is Cc1c(C(=O)N2CCOC(CC(=O)O)C2)nnn1-c1cccc2ncccc12. The molecule has 28 heavy (non-hydrogen) atoms. The summed E-state index contributed by atoms with van der Waals surface area (Å²) in [5, 5.41) is 18.2. The largest absolute Gasteiger partial charge is 0.481 e. The molecule has 4 rings (SSSR count). The van der Waals surface area contributed by atoms with Gasteiger partial charge in [-0.2, -0.15) is 0 Å². The molecule has 1 fully saturated rings. The van der Waals surface area contributed by atoms with Crippen LogP contribution in [0.1, 0.15) is 22.6 Å². The summed E-state index contributed by atoms with van der Waals surface area (Å²) in [4.78, 5) is 29.8. The molecule has 1 saturated heterocycles. The maximum absolute atomic E-state index is 13.0. The average Bonchev–Trinajstić information content (AvgIpc) is 3.08. The summed E-state index contributed by atoms with van der Waals surface area (Å²) in [7, 11) is 0. The van der Waals surface area contributed by atoms with Crippen LogP contribution in [0.2, 0.25) is 0 Å². The molecule has 1 unspecified atom stereocenters. The van der Waals surface area contributed by atoms with Crippen molar-refractivity contribution in [3.8, 4) is 5.69 Å². The number of ether oxygens (including phenoxy) is 1. The van der Waals surface area contributed by atoms with Gasteiger partial charge in [0.2, 0.25) is 0 Å². The molecule has 1 atom stereocenters. The lowest BCUT2D eigenvalue weighted by Gasteiger charge is -2.31. The third kappa shape index (κ3) is 3.31. The van der Waals surface area contributed by atoms with Crippen LogP contribution in [-0.2, 0) is 9.53 Å². The zero-order valence-electron chi connectivity index (χ0n) is 15.3. The number of rotatable bonds is 4. The Balaban J connectivity index is 1.63. The highest BCUT2D eigenvalue weighted by molar-refractivity contribution is 5.94. The average molecular weight is 381 g/mol. The molecule has 0 radical (unpaired) electrons. The number of hydrogen-bond acceptors (Lipinski definition) is 6. The maximum atomic E-state index is 13.0. The second-order valence-corrected chi connectivity index (χ2v) is 6.62. The third-order valence-electron chi connectivity index (χ3n) is 4.78. The Labute approximate surface area is 160 Å². The highest BCUT2D eigenvalue weighted by atomic mass is 16.5. The van der Waals surface area contributed by atoms with E-state index in [0.29, 0.717) is 18.8 Å². The molecule has 0 aliphatic carbocycles. The maximum Gasteiger partial charge on any atom is 0.306 e. The number of morpholine rings is 1. The summed E-state index contributed by atoms with van der Waals surface area (Å²) in [6, 6.07) is 9.48. The summed E-state index contributed by atoms with van der Waals surface area (Å²) in [5.41, 5.74) is 2.48. The van der Waals surface area contributed by atoms with Crippen molar-refractivity contribution in [1.82, 2.24) is 24.9 Å². The lowest BCUT2D eigenvalue weighted by Crippen LogP contribution is -2.46. The van der Waals surface area contributed by atoms with Crippen molar-refractivity contribution in [1.29, 1.82) is 0 Å². The summed E-state index contributed by atoms with van der Waals surface area (Å²) >= 11 is 0. The summed E-state index contributed by atoms with van der Waals surface area (Å²) in [6.45, 7) is 2.69. The van der Waals surface area contributed by atoms with Gasteiger partial charge in [0, 0.05) is 24.7 Å². The number of carbonyl (C=O) groups is 2. The van der Waals surface area contributed by atoms with Crippen molar-refractivity contribution < 1.29 is 19.4 Å². The van der Waals surface area contributed by atoms with E-state index in [-0.39, 0.29) is 24.6 Å². The number of fused-ring (bicyclic) bond motifs is 1. The number of nitrogens with zero attached hydrogens (tertiary/aromatic N) is 5. The van der Waals surface area contributed by atoms with E-state index in [1.807, 2.05) is 30.3 Å². The molecule has 9 nitrogen and oxygen atoms in total. The number of benzene rings is 1. The molecule has 1 amide bonds. The summed E-state index contributed by atoms with van der Waals surface area (Å²) < 4.78 is 7.07. The molecule has 3 heterocycles. The van der Waals surface area contributed by atoms with Gasteiger partial charge in [-0.25, -0.2) is 4.68 Å². The van der Waals surface area contributed by atoms with Crippen molar-refractivity contribution in [2.45, 2.75) is 19.4 Å². The highest BCUT2D eigenvalue weighted by Gasteiger charge is 2.29. The Morgan fingerprint density at radius 2 is 2.14 bits per heavy atom. The van der Waals surface area contributed by atoms with E-state index in [1.54, 1.807) is 22.7 Å². The Hall–Kier alpha value is -3.33. The Morgan fingerprint density at radius 1 is 1.29 bits per heavy atom. The minimum Gasteiger partial charge on any atom is -0.481 e. The van der Waals surface area contributed by atoms with Crippen LogP contribution in [0.5, 0.6) is 0 Å². The van der Waals surface area contributed by atoms with Crippen molar-refractivity contribution >= 4 is 22.8 Å². The standard InChI is InChI=1S/C19H19N5O4/c1-12-18(19(27)23-8-9-28-13(11-23)10-17(25)26)21-22-24(12)16-6-2-5-15-14(16)4-3-7-20-15/h2-7,13H,8-11H2,1H3,(H,25,26). The zero-order valence-corrected chi connectivity index (χ0v) is 15.3. The van der Waals surface area contributed by atoms with Crippen molar-refractivity contribution in [2.24, 2.45) is 0 Å². The van der Waals surface area contributed by atoms with Gasteiger partial charge in [-0.1, -0.05) is 11.3 Å². The van der Waals surface area contributed by atoms with E-state index in [4.69, 9.17) is 9.84 Å². The molecule has 1 aliphatic rings. The van der Waals surface area contributed by atoms with E-state index >= 15 is 0 Å². The van der Waals surface area contributed by atoms with Crippen LogP contribution in [0.15, 0.2) is 36.5 Å². The van der Waals surface area contributed by atoms with E-state index in [9.17, 15) is 9.59 Å². The van der Waals surface area contributed by atoms with Crippen LogP contribution >= 0.6 is 0 Å². The molecule has 2 aromatic heterocycles. The first-order valence-electron chi connectivity index (χ1n) is 8.93. The normalized spacial score (nSPS) is 17.0. The van der Waals surface area contributed by atoms with Crippen molar-refractivity contribution in [3.63, 3.8) is 0 Å². The molecule has 1 N–H and O–H groups in total. The van der Waals surface area contributed by atoms with Crippen LogP contribution < -0.4 is 0 Å². The Kier molecular flexibility index (Phi) is 4.74. The van der Waals surface area contributed by atoms with Gasteiger partial charge in [0.15, 0.2) is 5.69 Å². The van der Waals surface area contributed by atoms with Gasteiger partial charge in [-0.05, 0) is 31.2 Å². The van der Waals surface area contributed by atoms with Gasteiger partial charge in [0.25, 0.3) is 5.91 Å². The Bertz CT molecular complexity index is 1040. The van der Waals surface area contributed by atoms with Crippen LogP contribution in [-0.4, -0.2) is 67.7 Å². The lowest BCUT2D eigenvalue weighted by molar-refractivity contribution is -0.141. The minimum absolute atomic E-state index is 0.140. The molecule has 0 saturated carbocycles. The van der Waals surface area contributed by atoms with Gasteiger partial charge in [0.1, 0.15) is 0 Å². The van der Waals surface area contributed by atoms with Crippen molar-refractivity contribution in [3.05, 3.63) is 47.9 Å². The van der Waals surface area contributed by atoms with E-state index < -0.39 is 12.1 Å². The molecular weight excluding hydrogens is 362 g/mol. The van der Waals surface area contributed by atoms with E-state index in [2.05, 4.69) is 15.3 Å². The first kappa shape index (κ1) is 18.1. The zero-order chi connectivity index (χ0) is 19.7. The number of pyridine rings is 1. The van der Waals surface area contributed by atoms with E-state index in [0.717, 1.165) is 16.6 Å². The van der Waals surface area contributed by atoms with Gasteiger partial charge in [-0.15, -0.1) is 5.10 Å².